The average molecular weight is 212 g/mol. The minimum atomic E-state index is 0.643. The van der Waals surface area contributed by atoms with Crippen LogP contribution in [0.2, 0.25) is 0 Å². The van der Waals surface area contributed by atoms with E-state index >= 15 is 0 Å². The first-order valence-electron chi connectivity index (χ1n) is 6.57. The summed E-state index contributed by atoms with van der Waals surface area (Å²) in [6.07, 6.45) is 5.67. The molecule has 90 valence electrons. The number of rotatable bonds is 6. The highest BCUT2D eigenvalue weighted by Crippen LogP contribution is 2.24. The Labute approximate surface area is 95.2 Å². The number of hydrogen-bond donors (Lipinski definition) is 1. The highest BCUT2D eigenvalue weighted by molar-refractivity contribution is 4.79. The van der Waals surface area contributed by atoms with E-state index in [1.165, 1.54) is 38.8 Å². The van der Waals surface area contributed by atoms with Gasteiger partial charge in [0.05, 0.1) is 0 Å². The maximum Gasteiger partial charge on any atom is 0.00954 e. The molecule has 0 spiro atoms. The van der Waals surface area contributed by atoms with Crippen LogP contribution < -0.4 is 5.73 Å². The zero-order valence-electron chi connectivity index (χ0n) is 10.7. The van der Waals surface area contributed by atoms with Gasteiger partial charge in [-0.05, 0) is 31.2 Å². The molecular formula is C13H28N2. The van der Waals surface area contributed by atoms with Gasteiger partial charge in [-0.25, -0.2) is 0 Å². The Morgan fingerprint density at radius 2 is 1.73 bits per heavy atom. The fourth-order valence-electron chi connectivity index (χ4n) is 2.59. The first-order valence-corrected chi connectivity index (χ1v) is 6.57. The van der Waals surface area contributed by atoms with Crippen LogP contribution in [0.3, 0.4) is 0 Å². The van der Waals surface area contributed by atoms with Crippen molar-refractivity contribution in [1.29, 1.82) is 0 Å². The van der Waals surface area contributed by atoms with Crippen molar-refractivity contribution >= 4 is 0 Å². The maximum atomic E-state index is 5.72. The van der Waals surface area contributed by atoms with Gasteiger partial charge in [0.15, 0.2) is 0 Å². The van der Waals surface area contributed by atoms with Crippen LogP contribution in [-0.2, 0) is 0 Å². The lowest BCUT2D eigenvalue weighted by atomic mass is 10.1. The topological polar surface area (TPSA) is 29.3 Å². The Kier molecular flexibility index (Phi) is 5.62. The van der Waals surface area contributed by atoms with Crippen LogP contribution >= 0.6 is 0 Å². The molecule has 1 aliphatic rings. The summed E-state index contributed by atoms with van der Waals surface area (Å²) in [5.41, 5.74) is 5.72. The third-order valence-electron chi connectivity index (χ3n) is 3.39. The van der Waals surface area contributed by atoms with Crippen molar-refractivity contribution in [1.82, 2.24) is 4.90 Å². The molecule has 2 nitrogen and oxygen atoms in total. The van der Waals surface area contributed by atoms with Gasteiger partial charge in [0.25, 0.3) is 0 Å². The van der Waals surface area contributed by atoms with Gasteiger partial charge < -0.3 is 5.73 Å². The number of nitrogens with zero attached hydrogens (tertiary/aromatic N) is 1. The van der Waals surface area contributed by atoms with E-state index in [2.05, 4.69) is 25.7 Å². The van der Waals surface area contributed by atoms with Gasteiger partial charge in [0.2, 0.25) is 0 Å². The summed E-state index contributed by atoms with van der Waals surface area (Å²) in [5, 5.41) is 0. The molecule has 1 aliphatic carbocycles. The fourth-order valence-corrected chi connectivity index (χ4v) is 2.59. The minimum Gasteiger partial charge on any atom is -0.330 e. The average Bonchev–Trinajstić information content (AvgIpc) is 2.68. The predicted octanol–water partition coefficient (Wildman–Crippen LogP) is 2.48. The summed E-state index contributed by atoms with van der Waals surface area (Å²) in [7, 11) is 0. The number of hydrogen-bond acceptors (Lipinski definition) is 2. The van der Waals surface area contributed by atoms with Crippen LogP contribution in [0.5, 0.6) is 0 Å². The van der Waals surface area contributed by atoms with Crippen molar-refractivity contribution in [2.75, 3.05) is 19.6 Å². The summed E-state index contributed by atoms with van der Waals surface area (Å²) in [5.74, 6) is 1.42. The van der Waals surface area contributed by atoms with E-state index in [9.17, 15) is 0 Å². The van der Waals surface area contributed by atoms with Crippen molar-refractivity contribution in [2.24, 2.45) is 17.6 Å². The van der Waals surface area contributed by atoms with Gasteiger partial charge in [-0.1, -0.05) is 33.6 Å². The molecule has 0 bridgehead atoms. The largest absolute Gasteiger partial charge is 0.330 e. The second-order valence-corrected chi connectivity index (χ2v) is 5.63. The third-order valence-corrected chi connectivity index (χ3v) is 3.39. The molecule has 0 aromatic heterocycles. The molecule has 1 atom stereocenters. The molecule has 0 heterocycles. The molecule has 1 fully saturated rings. The monoisotopic (exact) mass is 212 g/mol. The van der Waals surface area contributed by atoms with E-state index in [1.807, 2.05) is 0 Å². The van der Waals surface area contributed by atoms with E-state index in [-0.39, 0.29) is 0 Å². The third kappa shape index (κ3) is 4.52. The summed E-state index contributed by atoms with van der Waals surface area (Å²) >= 11 is 0. The van der Waals surface area contributed by atoms with Crippen molar-refractivity contribution in [3.05, 3.63) is 0 Å². The second kappa shape index (κ2) is 6.49. The molecule has 1 unspecified atom stereocenters. The highest BCUT2D eigenvalue weighted by atomic mass is 15.2. The van der Waals surface area contributed by atoms with E-state index < -0.39 is 0 Å². The molecule has 0 aromatic carbocycles. The Morgan fingerprint density at radius 1 is 1.13 bits per heavy atom. The van der Waals surface area contributed by atoms with Crippen LogP contribution in [0.15, 0.2) is 0 Å². The summed E-state index contributed by atoms with van der Waals surface area (Å²) in [4.78, 5) is 2.69. The van der Waals surface area contributed by atoms with Crippen molar-refractivity contribution in [3.8, 4) is 0 Å². The standard InChI is InChI=1S/C13H28N2/c1-11(2)9-15(10-12(3)8-14)13-6-4-5-7-13/h11-13H,4-10,14H2,1-3H3. The molecule has 2 N–H and O–H groups in total. The van der Waals surface area contributed by atoms with Crippen LogP contribution in [0.1, 0.15) is 46.5 Å². The zero-order chi connectivity index (χ0) is 11.3. The summed E-state index contributed by atoms with van der Waals surface area (Å²) in [6, 6.07) is 0.849. The minimum absolute atomic E-state index is 0.643. The van der Waals surface area contributed by atoms with Crippen molar-refractivity contribution < 1.29 is 0 Å². The molecule has 2 heteroatoms. The Morgan fingerprint density at radius 3 is 2.20 bits per heavy atom. The van der Waals surface area contributed by atoms with E-state index in [4.69, 9.17) is 5.73 Å². The molecule has 0 amide bonds. The fraction of sp³-hybridized carbons (Fsp3) is 1.00. The van der Waals surface area contributed by atoms with Crippen LogP contribution in [0, 0.1) is 11.8 Å². The van der Waals surface area contributed by atoms with Crippen LogP contribution in [0.4, 0.5) is 0 Å². The van der Waals surface area contributed by atoms with Gasteiger partial charge in [0.1, 0.15) is 0 Å². The van der Waals surface area contributed by atoms with Gasteiger partial charge in [-0.2, -0.15) is 0 Å². The molecule has 1 rings (SSSR count). The van der Waals surface area contributed by atoms with E-state index in [0.717, 1.165) is 18.5 Å². The Balaban J connectivity index is 2.43. The van der Waals surface area contributed by atoms with Gasteiger partial charge in [0, 0.05) is 19.1 Å². The lowest BCUT2D eigenvalue weighted by molar-refractivity contribution is 0.155. The predicted molar refractivity (Wildman–Crippen MR) is 66.9 cm³/mol. The molecule has 0 aromatic rings. The van der Waals surface area contributed by atoms with Gasteiger partial charge >= 0.3 is 0 Å². The normalized spacial score (nSPS) is 20.4. The lowest BCUT2D eigenvalue weighted by Crippen LogP contribution is -2.40. The second-order valence-electron chi connectivity index (χ2n) is 5.63. The molecule has 15 heavy (non-hydrogen) atoms. The first-order chi connectivity index (χ1) is 7.13. The number of nitrogens with two attached hydrogens (primary N) is 1. The molecule has 0 aliphatic heterocycles. The summed E-state index contributed by atoms with van der Waals surface area (Å²) in [6.45, 7) is 10.2. The van der Waals surface area contributed by atoms with Crippen molar-refractivity contribution in [2.45, 2.75) is 52.5 Å². The zero-order valence-corrected chi connectivity index (χ0v) is 10.7. The molecular weight excluding hydrogens is 184 g/mol. The highest BCUT2D eigenvalue weighted by Gasteiger charge is 2.23. The van der Waals surface area contributed by atoms with E-state index in [1.54, 1.807) is 0 Å². The molecule has 0 radical (unpaired) electrons. The maximum absolute atomic E-state index is 5.72. The molecule has 1 saturated carbocycles. The van der Waals surface area contributed by atoms with Crippen LogP contribution in [-0.4, -0.2) is 30.6 Å². The van der Waals surface area contributed by atoms with Crippen molar-refractivity contribution in [3.63, 3.8) is 0 Å². The molecule has 0 saturated heterocycles. The van der Waals surface area contributed by atoms with Crippen LogP contribution in [0.25, 0.3) is 0 Å². The van der Waals surface area contributed by atoms with Gasteiger partial charge in [-0.15, -0.1) is 0 Å². The Bertz CT molecular complexity index is 162. The Hall–Kier alpha value is -0.0800. The first kappa shape index (κ1) is 13.0. The smallest absolute Gasteiger partial charge is 0.00954 e. The summed E-state index contributed by atoms with van der Waals surface area (Å²) < 4.78 is 0. The lowest BCUT2D eigenvalue weighted by Gasteiger charge is -2.32. The van der Waals surface area contributed by atoms with E-state index in [0.29, 0.717) is 5.92 Å². The van der Waals surface area contributed by atoms with Gasteiger partial charge in [-0.3, -0.25) is 4.90 Å². The SMILES string of the molecule is CC(C)CN(CC(C)CN)C1CCCC1. The quantitative estimate of drug-likeness (QED) is 0.733.